The Morgan fingerprint density at radius 1 is 1.43 bits per heavy atom. The highest BCUT2D eigenvalue weighted by Crippen LogP contribution is 2.30. The molecule has 0 aliphatic carbocycles. The zero-order valence-electron chi connectivity index (χ0n) is 12.0. The van der Waals surface area contributed by atoms with Gasteiger partial charge in [-0.1, -0.05) is 11.6 Å². The van der Waals surface area contributed by atoms with Crippen LogP contribution in [-0.4, -0.2) is 34.3 Å². The van der Waals surface area contributed by atoms with E-state index in [1.165, 1.54) is 7.11 Å². The molecular formula is C14H15ClN4O2. The Morgan fingerprint density at radius 2 is 2.19 bits per heavy atom. The molecule has 3 heterocycles. The van der Waals surface area contributed by atoms with Crippen molar-refractivity contribution in [2.24, 2.45) is 0 Å². The van der Waals surface area contributed by atoms with Crippen LogP contribution in [0.15, 0.2) is 18.3 Å². The van der Waals surface area contributed by atoms with Crippen LogP contribution in [0.4, 0.5) is 5.82 Å². The van der Waals surface area contributed by atoms with Crippen molar-refractivity contribution in [3.8, 4) is 5.88 Å². The summed E-state index contributed by atoms with van der Waals surface area (Å²) in [6.45, 7) is 4.40. The molecule has 0 fully saturated rings. The molecule has 2 aromatic heterocycles. The maximum Gasteiger partial charge on any atom is 0.278 e. The number of halogens is 1. The number of hydrogen-bond acceptors (Lipinski definition) is 4. The van der Waals surface area contributed by atoms with Crippen LogP contribution < -0.4 is 9.64 Å². The van der Waals surface area contributed by atoms with E-state index in [2.05, 4.69) is 10.1 Å². The Hall–Kier alpha value is -2.08. The maximum absolute atomic E-state index is 12.7. The number of aryl methyl sites for hydroxylation is 1. The normalized spacial score (nSPS) is 17.8. The Bertz CT molecular complexity index is 713. The largest absolute Gasteiger partial charge is 0.480 e. The van der Waals surface area contributed by atoms with Gasteiger partial charge in [-0.25, -0.2) is 0 Å². The third-order valence-electron chi connectivity index (χ3n) is 3.56. The molecule has 0 saturated heterocycles. The third kappa shape index (κ3) is 2.15. The standard InChI is InChI=1S/C14H15ClN4O2/c1-8-6-16-19-9(2)7-18(14(20)12(8)19)11-5-4-10(15)13(17-11)21-3/h4-6,9H,7H2,1-3H3. The van der Waals surface area contributed by atoms with E-state index < -0.39 is 0 Å². The van der Waals surface area contributed by atoms with Gasteiger partial charge >= 0.3 is 0 Å². The molecule has 0 bridgehead atoms. The monoisotopic (exact) mass is 306 g/mol. The Morgan fingerprint density at radius 3 is 2.90 bits per heavy atom. The van der Waals surface area contributed by atoms with Gasteiger partial charge in [0.05, 0.1) is 19.3 Å². The van der Waals surface area contributed by atoms with E-state index >= 15 is 0 Å². The van der Waals surface area contributed by atoms with Gasteiger partial charge in [-0.2, -0.15) is 10.1 Å². The molecule has 2 aromatic rings. The fourth-order valence-electron chi connectivity index (χ4n) is 2.51. The number of anilines is 1. The molecule has 1 amide bonds. The average Bonchev–Trinajstić information content (AvgIpc) is 2.86. The van der Waals surface area contributed by atoms with Crippen molar-refractivity contribution in [1.29, 1.82) is 0 Å². The number of carbonyl (C=O) groups is 1. The predicted molar refractivity (Wildman–Crippen MR) is 79.2 cm³/mol. The van der Waals surface area contributed by atoms with E-state index in [1.807, 2.05) is 13.8 Å². The van der Waals surface area contributed by atoms with E-state index in [0.717, 1.165) is 5.56 Å². The van der Waals surface area contributed by atoms with Crippen LogP contribution in [0.1, 0.15) is 29.0 Å². The van der Waals surface area contributed by atoms with Gasteiger partial charge in [-0.05, 0) is 26.0 Å². The minimum absolute atomic E-state index is 0.0786. The van der Waals surface area contributed by atoms with Crippen molar-refractivity contribution in [2.75, 3.05) is 18.6 Å². The highest BCUT2D eigenvalue weighted by Gasteiger charge is 2.33. The quantitative estimate of drug-likeness (QED) is 0.855. The first kappa shape index (κ1) is 13.9. The van der Waals surface area contributed by atoms with Crippen LogP contribution in [-0.2, 0) is 0 Å². The molecule has 0 saturated carbocycles. The summed E-state index contributed by atoms with van der Waals surface area (Å²) < 4.78 is 6.88. The second kappa shape index (κ2) is 5.04. The molecule has 3 rings (SSSR count). The summed E-state index contributed by atoms with van der Waals surface area (Å²) in [4.78, 5) is 18.6. The predicted octanol–water partition coefficient (Wildman–Crippen LogP) is 2.47. The lowest BCUT2D eigenvalue weighted by molar-refractivity contribution is 0.0951. The van der Waals surface area contributed by atoms with Gasteiger partial charge in [0.2, 0.25) is 5.88 Å². The minimum Gasteiger partial charge on any atom is -0.480 e. The van der Waals surface area contributed by atoms with Crippen molar-refractivity contribution < 1.29 is 9.53 Å². The van der Waals surface area contributed by atoms with Gasteiger partial charge in [0, 0.05) is 12.1 Å². The van der Waals surface area contributed by atoms with Crippen LogP contribution in [0.3, 0.4) is 0 Å². The van der Waals surface area contributed by atoms with Crippen molar-refractivity contribution >= 4 is 23.3 Å². The van der Waals surface area contributed by atoms with Crippen molar-refractivity contribution in [1.82, 2.24) is 14.8 Å². The van der Waals surface area contributed by atoms with E-state index in [0.29, 0.717) is 29.0 Å². The molecular weight excluding hydrogens is 292 g/mol. The molecule has 0 spiro atoms. The number of rotatable bonds is 2. The van der Waals surface area contributed by atoms with E-state index in [-0.39, 0.29) is 11.9 Å². The van der Waals surface area contributed by atoms with Gasteiger partial charge in [0.15, 0.2) is 0 Å². The summed E-state index contributed by atoms with van der Waals surface area (Å²) >= 11 is 5.98. The summed E-state index contributed by atoms with van der Waals surface area (Å²) in [5.74, 6) is 0.727. The number of pyridine rings is 1. The lowest BCUT2D eigenvalue weighted by Gasteiger charge is -2.31. The summed E-state index contributed by atoms with van der Waals surface area (Å²) in [5, 5.41) is 4.68. The highest BCUT2D eigenvalue weighted by atomic mass is 35.5. The first-order valence-electron chi connectivity index (χ1n) is 6.59. The van der Waals surface area contributed by atoms with Crippen molar-refractivity contribution in [3.63, 3.8) is 0 Å². The summed E-state index contributed by atoms with van der Waals surface area (Å²) in [5.41, 5.74) is 1.46. The van der Waals surface area contributed by atoms with Crippen LogP contribution in [0.2, 0.25) is 5.02 Å². The lowest BCUT2D eigenvalue weighted by Crippen LogP contribution is -2.43. The number of aromatic nitrogens is 3. The summed E-state index contributed by atoms with van der Waals surface area (Å²) in [6, 6.07) is 3.48. The zero-order chi connectivity index (χ0) is 15.1. The number of fused-ring (bicyclic) bond motifs is 1. The van der Waals surface area contributed by atoms with E-state index in [9.17, 15) is 4.79 Å². The molecule has 0 radical (unpaired) electrons. The molecule has 0 N–H and O–H groups in total. The zero-order valence-corrected chi connectivity index (χ0v) is 12.8. The van der Waals surface area contributed by atoms with Crippen LogP contribution in [0.5, 0.6) is 5.88 Å². The molecule has 1 unspecified atom stereocenters. The second-order valence-corrected chi connectivity index (χ2v) is 5.45. The number of amides is 1. The van der Waals surface area contributed by atoms with E-state index in [1.54, 1.807) is 27.9 Å². The SMILES string of the molecule is COc1nc(N2CC(C)n3ncc(C)c3C2=O)ccc1Cl. The number of hydrogen-bond donors (Lipinski definition) is 0. The molecule has 21 heavy (non-hydrogen) atoms. The molecule has 0 aromatic carbocycles. The van der Waals surface area contributed by atoms with Crippen molar-refractivity contribution in [3.05, 3.63) is 34.6 Å². The second-order valence-electron chi connectivity index (χ2n) is 5.05. The minimum atomic E-state index is -0.111. The topological polar surface area (TPSA) is 60.2 Å². The molecule has 6 nitrogen and oxygen atoms in total. The third-order valence-corrected chi connectivity index (χ3v) is 3.85. The molecule has 1 aliphatic heterocycles. The van der Waals surface area contributed by atoms with Crippen LogP contribution in [0.25, 0.3) is 0 Å². The molecule has 7 heteroatoms. The first-order valence-corrected chi connectivity index (χ1v) is 6.97. The van der Waals surface area contributed by atoms with Gasteiger partial charge in [-0.3, -0.25) is 14.4 Å². The number of carbonyl (C=O) groups excluding carboxylic acids is 1. The number of nitrogens with zero attached hydrogens (tertiary/aromatic N) is 4. The van der Waals surface area contributed by atoms with E-state index in [4.69, 9.17) is 16.3 Å². The van der Waals surface area contributed by atoms with Gasteiger partial charge in [0.25, 0.3) is 5.91 Å². The lowest BCUT2D eigenvalue weighted by atomic mass is 10.1. The summed E-state index contributed by atoms with van der Waals surface area (Å²) in [7, 11) is 1.50. The van der Waals surface area contributed by atoms with Gasteiger partial charge < -0.3 is 4.74 Å². The Labute approximate surface area is 127 Å². The van der Waals surface area contributed by atoms with Crippen molar-refractivity contribution in [2.45, 2.75) is 19.9 Å². The van der Waals surface area contributed by atoms with Crippen LogP contribution in [0, 0.1) is 6.92 Å². The highest BCUT2D eigenvalue weighted by molar-refractivity contribution is 6.31. The fraction of sp³-hybridized carbons (Fsp3) is 0.357. The average molecular weight is 307 g/mol. The fourth-order valence-corrected chi connectivity index (χ4v) is 2.69. The summed E-state index contributed by atoms with van der Waals surface area (Å²) in [6.07, 6.45) is 1.71. The van der Waals surface area contributed by atoms with Crippen LogP contribution >= 0.6 is 11.6 Å². The Balaban J connectivity index is 2.05. The first-order chi connectivity index (χ1) is 10.0. The number of methoxy groups -OCH3 is 1. The Kier molecular flexibility index (Phi) is 3.33. The number of ether oxygens (including phenoxy) is 1. The molecule has 1 aliphatic rings. The maximum atomic E-state index is 12.7. The van der Waals surface area contributed by atoms with Gasteiger partial charge in [0.1, 0.15) is 16.5 Å². The molecule has 110 valence electrons. The molecule has 1 atom stereocenters. The van der Waals surface area contributed by atoms with Gasteiger partial charge in [-0.15, -0.1) is 0 Å². The smallest absolute Gasteiger partial charge is 0.278 e.